The molecule has 0 fully saturated rings. The quantitative estimate of drug-likeness (QED) is 0.142. The Balaban J connectivity index is 1.13. The van der Waals surface area contributed by atoms with Crippen molar-refractivity contribution in [3.05, 3.63) is 274 Å². The van der Waals surface area contributed by atoms with E-state index >= 15 is 0 Å². The van der Waals surface area contributed by atoms with E-state index in [4.69, 9.17) is 0 Å². The standard InChI is InChI=1S/C58H44N2/c1-5-19-45(20-6-1)59(46-21-7-2-8-22-46)49-35-29-43(30-36-49)55-53-39-33-42-18-14-16-28-52(42)58(53)56(54-40-34-41-17-13-15-27-51(41)57(54)55)44-31-37-50(38-32-44)60(47-23-9-3-10-24-47)48-25-11-4-12-26-48/h1-17,19-27,29-33,35-40,57H,18,28,34H2. The highest BCUT2D eigenvalue weighted by Crippen LogP contribution is 2.48. The van der Waals surface area contributed by atoms with Crippen molar-refractivity contribution in [3.8, 4) is 0 Å². The average Bonchev–Trinajstić information content (AvgIpc) is 3.33. The number of benzene rings is 8. The average molecular weight is 769 g/mol. The summed E-state index contributed by atoms with van der Waals surface area (Å²) in [5, 5.41) is 2.73. The molecule has 3 aliphatic rings. The van der Waals surface area contributed by atoms with Crippen LogP contribution in [-0.4, -0.2) is 0 Å². The number of hydrogen-bond acceptors (Lipinski definition) is 2. The zero-order chi connectivity index (χ0) is 39.8. The lowest BCUT2D eigenvalue weighted by Crippen LogP contribution is -2.41. The smallest absolute Gasteiger partial charge is 0.0462 e. The molecule has 0 saturated heterocycles. The van der Waals surface area contributed by atoms with Crippen molar-refractivity contribution in [2.75, 3.05) is 9.80 Å². The molecule has 2 heteroatoms. The summed E-state index contributed by atoms with van der Waals surface area (Å²) in [7, 11) is 0. The van der Waals surface area contributed by atoms with Crippen LogP contribution in [0.1, 0.15) is 39.3 Å². The third kappa shape index (κ3) is 6.29. The molecule has 11 rings (SSSR count). The molecule has 8 aromatic carbocycles. The van der Waals surface area contributed by atoms with Crippen molar-refractivity contribution >= 4 is 45.3 Å². The van der Waals surface area contributed by atoms with Gasteiger partial charge in [0.25, 0.3) is 0 Å². The minimum atomic E-state index is 0.0876. The fourth-order valence-electron chi connectivity index (χ4n) is 9.80. The number of rotatable bonds is 8. The van der Waals surface area contributed by atoms with Crippen molar-refractivity contribution in [3.63, 3.8) is 0 Å². The van der Waals surface area contributed by atoms with Crippen molar-refractivity contribution in [2.45, 2.75) is 25.2 Å². The summed E-state index contributed by atoms with van der Waals surface area (Å²) in [6.07, 6.45) is 10.0. The van der Waals surface area contributed by atoms with Crippen molar-refractivity contribution in [1.82, 2.24) is 0 Å². The van der Waals surface area contributed by atoms with Gasteiger partial charge in [0, 0.05) is 40.0 Å². The Kier molecular flexibility index (Phi) is 9.17. The summed E-state index contributed by atoms with van der Waals surface area (Å²) in [5.74, 6) is 0.0876. The van der Waals surface area contributed by atoms with E-state index in [2.05, 4.69) is 234 Å². The van der Waals surface area contributed by atoms with Crippen LogP contribution in [0.15, 0.2) is 230 Å². The third-order valence-corrected chi connectivity index (χ3v) is 12.5. The van der Waals surface area contributed by atoms with Crippen LogP contribution >= 0.6 is 0 Å². The maximum Gasteiger partial charge on any atom is 0.0462 e. The lowest BCUT2D eigenvalue weighted by atomic mass is 9.68. The number of allylic oxidation sites excluding steroid dienone is 4. The Morgan fingerprint density at radius 3 is 1.38 bits per heavy atom. The van der Waals surface area contributed by atoms with Crippen LogP contribution in [-0.2, 0) is 19.3 Å². The molecule has 1 unspecified atom stereocenters. The van der Waals surface area contributed by atoms with Gasteiger partial charge in [-0.1, -0.05) is 152 Å². The van der Waals surface area contributed by atoms with Gasteiger partial charge in [-0.3, -0.25) is 0 Å². The predicted molar refractivity (Wildman–Crippen MR) is 250 cm³/mol. The van der Waals surface area contributed by atoms with Gasteiger partial charge >= 0.3 is 0 Å². The molecule has 1 atom stereocenters. The van der Waals surface area contributed by atoms with Gasteiger partial charge in [0.15, 0.2) is 0 Å². The molecule has 0 radical (unpaired) electrons. The molecule has 8 aromatic rings. The van der Waals surface area contributed by atoms with E-state index in [1.165, 1.54) is 60.5 Å². The van der Waals surface area contributed by atoms with Crippen molar-refractivity contribution in [1.29, 1.82) is 0 Å². The molecule has 286 valence electrons. The van der Waals surface area contributed by atoms with Crippen LogP contribution < -0.4 is 20.2 Å². The highest BCUT2D eigenvalue weighted by Gasteiger charge is 2.35. The van der Waals surface area contributed by atoms with Gasteiger partial charge in [-0.25, -0.2) is 0 Å². The third-order valence-electron chi connectivity index (χ3n) is 12.5. The van der Waals surface area contributed by atoms with Gasteiger partial charge < -0.3 is 9.80 Å². The second kappa shape index (κ2) is 15.4. The van der Waals surface area contributed by atoms with E-state index in [0.29, 0.717) is 0 Å². The van der Waals surface area contributed by atoms with Gasteiger partial charge in [0.05, 0.1) is 0 Å². The summed E-state index contributed by atoms with van der Waals surface area (Å²) in [4.78, 5) is 4.70. The predicted octanol–water partition coefficient (Wildman–Crippen LogP) is 13.0. The minimum Gasteiger partial charge on any atom is -0.311 e. The van der Waals surface area contributed by atoms with E-state index < -0.39 is 0 Å². The Morgan fingerprint density at radius 2 is 0.833 bits per heavy atom. The van der Waals surface area contributed by atoms with E-state index in [1.54, 1.807) is 0 Å². The first-order valence-electron chi connectivity index (χ1n) is 21.1. The van der Waals surface area contributed by atoms with E-state index in [-0.39, 0.29) is 5.92 Å². The summed E-state index contributed by atoms with van der Waals surface area (Å²) in [5.41, 5.74) is 19.2. The molecule has 2 nitrogen and oxygen atoms in total. The van der Waals surface area contributed by atoms with Crippen molar-refractivity contribution in [2.24, 2.45) is 0 Å². The second-order valence-electron chi connectivity index (χ2n) is 15.9. The summed E-state index contributed by atoms with van der Waals surface area (Å²) in [6.45, 7) is 0. The Bertz CT molecular complexity index is 2940. The highest BCUT2D eigenvalue weighted by atomic mass is 15.1. The van der Waals surface area contributed by atoms with E-state index in [9.17, 15) is 0 Å². The normalized spacial score (nSPS) is 14.9. The Hall–Kier alpha value is -7.42. The first-order valence-corrected chi connectivity index (χ1v) is 21.1. The fourth-order valence-corrected chi connectivity index (χ4v) is 9.80. The molecular formula is C58H44N2. The van der Waals surface area contributed by atoms with Crippen molar-refractivity contribution < 1.29 is 0 Å². The van der Waals surface area contributed by atoms with Gasteiger partial charge in [-0.2, -0.15) is 0 Å². The SMILES string of the molecule is C1=CCc2c(ccc3c2=C(c2ccc(N(c4ccccc4)c4ccccc4)cc2)C2=CCc4ccccc4C2C=3c2ccc(N(c3ccccc3)c3ccccc3)cc2)C1. The number of hydrogen-bond donors (Lipinski definition) is 0. The summed E-state index contributed by atoms with van der Waals surface area (Å²) >= 11 is 0. The zero-order valence-electron chi connectivity index (χ0n) is 33.5. The first-order chi connectivity index (χ1) is 29.8. The number of anilines is 6. The number of para-hydroxylation sites is 4. The lowest BCUT2D eigenvalue weighted by molar-refractivity contribution is 0.939. The van der Waals surface area contributed by atoms with Gasteiger partial charge in [-0.15, -0.1) is 0 Å². The Morgan fingerprint density at radius 1 is 0.367 bits per heavy atom. The molecule has 0 bridgehead atoms. The Labute approximate surface area is 352 Å². The van der Waals surface area contributed by atoms with Crippen LogP contribution in [0.3, 0.4) is 0 Å². The highest BCUT2D eigenvalue weighted by molar-refractivity contribution is 5.93. The number of fused-ring (bicyclic) bond motifs is 6. The van der Waals surface area contributed by atoms with Crippen LogP contribution in [0.4, 0.5) is 34.1 Å². The minimum absolute atomic E-state index is 0.0876. The molecule has 0 aliphatic heterocycles. The van der Waals surface area contributed by atoms with Crippen LogP contribution in [0, 0.1) is 0 Å². The van der Waals surface area contributed by atoms with Crippen LogP contribution in [0.5, 0.6) is 0 Å². The molecule has 3 aliphatic carbocycles. The molecule has 0 heterocycles. The van der Waals surface area contributed by atoms with Gasteiger partial charge in [0.1, 0.15) is 0 Å². The molecule has 60 heavy (non-hydrogen) atoms. The molecule has 0 spiro atoms. The van der Waals surface area contributed by atoms with Gasteiger partial charge in [-0.05, 0) is 153 Å². The largest absolute Gasteiger partial charge is 0.311 e. The first kappa shape index (κ1) is 35.7. The molecule has 0 N–H and O–H groups in total. The van der Waals surface area contributed by atoms with Crippen LogP contribution in [0.25, 0.3) is 11.1 Å². The summed E-state index contributed by atoms with van der Waals surface area (Å²) in [6, 6.07) is 75.4. The summed E-state index contributed by atoms with van der Waals surface area (Å²) < 4.78 is 0. The van der Waals surface area contributed by atoms with E-state index in [0.717, 1.165) is 53.4 Å². The maximum absolute atomic E-state index is 2.54. The zero-order valence-corrected chi connectivity index (χ0v) is 33.5. The topological polar surface area (TPSA) is 6.48 Å². The van der Waals surface area contributed by atoms with Gasteiger partial charge in [0.2, 0.25) is 0 Å². The molecular weight excluding hydrogens is 725 g/mol. The van der Waals surface area contributed by atoms with E-state index in [1.807, 2.05) is 0 Å². The van der Waals surface area contributed by atoms with Crippen LogP contribution in [0.2, 0.25) is 0 Å². The molecule has 0 amide bonds. The molecule has 0 saturated carbocycles. The fraction of sp³-hybridized carbons (Fsp3) is 0.0690. The second-order valence-corrected chi connectivity index (χ2v) is 15.9. The monoisotopic (exact) mass is 768 g/mol. The molecule has 0 aromatic heterocycles. The lowest BCUT2D eigenvalue weighted by Gasteiger charge is -2.36. The maximum atomic E-state index is 2.54. The number of nitrogens with zero attached hydrogens (tertiary/aromatic N) is 2.